The van der Waals surface area contributed by atoms with Gasteiger partial charge in [0.25, 0.3) is 0 Å². The number of hydrogen-bond donors (Lipinski definition) is 2. The topological polar surface area (TPSA) is 47.3 Å². The van der Waals surface area contributed by atoms with E-state index in [2.05, 4.69) is 18.3 Å². The van der Waals surface area contributed by atoms with Gasteiger partial charge in [-0.2, -0.15) is 0 Å². The van der Waals surface area contributed by atoms with Crippen LogP contribution in [0.25, 0.3) is 0 Å². The molecule has 0 saturated heterocycles. The molecule has 0 aliphatic heterocycles. The van der Waals surface area contributed by atoms with E-state index in [4.69, 9.17) is 10.5 Å². The highest BCUT2D eigenvalue weighted by Gasteiger charge is 2.02. The zero-order valence-corrected chi connectivity index (χ0v) is 12.0. The number of nitrogens with two attached hydrogens (primary N) is 1. The molecule has 0 amide bonds. The van der Waals surface area contributed by atoms with Gasteiger partial charge >= 0.3 is 0 Å². The van der Waals surface area contributed by atoms with Gasteiger partial charge in [0, 0.05) is 24.0 Å². The Labute approximate surface area is 120 Å². The van der Waals surface area contributed by atoms with Gasteiger partial charge in [-0.3, -0.25) is 0 Å². The molecule has 4 heteroatoms. The van der Waals surface area contributed by atoms with Gasteiger partial charge in [-0.25, -0.2) is 0 Å². The summed E-state index contributed by atoms with van der Waals surface area (Å²) in [5, 5.41) is 3.39. The summed E-state index contributed by atoms with van der Waals surface area (Å²) in [6.07, 6.45) is 0. The van der Waals surface area contributed by atoms with Crippen LogP contribution in [0.3, 0.4) is 0 Å². The van der Waals surface area contributed by atoms with E-state index < -0.39 is 0 Å². The third-order valence-electron chi connectivity index (χ3n) is 2.89. The summed E-state index contributed by atoms with van der Waals surface area (Å²) in [4.78, 5) is 0. The van der Waals surface area contributed by atoms with Crippen LogP contribution < -0.4 is 15.8 Å². The summed E-state index contributed by atoms with van der Waals surface area (Å²) < 4.78 is 5.23. The number of anilines is 2. The van der Waals surface area contributed by atoms with E-state index in [9.17, 15) is 0 Å². The van der Waals surface area contributed by atoms with Gasteiger partial charge in [-0.15, -0.1) is 12.4 Å². The molecule has 0 heterocycles. The Morgan fingerprint density at radius 2 is 1.95 bits per heavy atom. The van der Waals surface area contributed by atoms with Crippen molar-refractivity contribution < 1.29 is 4.74 Å². The molecule has 0 saturated carbocycles. The van der Waals surface area contributed by atoms with E-state index in [-0.39, 0.29) is 12.4 Å². The number of benzene rings is 2. The maximum absolute atomic E-state index is 5.64. The van der Waals surface area contributed by atoms with Crippen LogP contribution in [0.1, 0.15) is 11.1 Å². The first kappa shape index (κ1) is 15.3. The third-order valence-corrected chi connectivity index (χ3v) is 2.89. The third kappa shape index (κ3) is 3.88. The Bertz CT molecular complexity index is 543. The average molecular weight is 279 g/mol. The second kappa shape index (κ2) is 7.02. The van der Waals surface area contributed by atoms with Gasteiger partial charge in [0.05, 0.1) is 7.11 Å². The molecular weight excluding hydrogens is 260 g/mol. The highest BCUT2D eigenvalue weighted by atomic mass is 35.5. The summed E-state index contributed by atoms with van der Waals surface area (Å²) in [7, 11) is 1.67. The van der Waals surface area contributed by atoms with Gasteiger partial charge < -0.3 is 15.8 Å². The molecule has 2 rings (SSSR count). The van der Waals surface area contributed by atoms with Crippen LogP contribution in [-0.2, 0) is 6.54 Å². The molecule has 2 aromatic rings. The molecule has 0 aliphatic carbocycles. The van der Waals surface area contributed by atoms with Crippen molar-refractivity contribution in [3.63, 3.8) is 0 Å². The lowest BCUT2D eigenvalue weighted by Gasteiger charge is -2.12. The molecule has 2 aromatic carbocycles. The van der Waals surface area contributed by atoms with Crippen molar-refractivity contribution >= 4 is 23.8 Å². The Morgan fingerprint density at radius 3 is 2.63 bits per heavy atom. The molecule has 0 spiro atoms. The fourth-order valence-corrected chi connectivity index (χ4v) is 1.79. The second-order valence-electron chi connectivity index (χ2n) is 4.21. The number of halogens is 1. The van der Waals surface area contributed by atoms with Crippen LogP contribution in [0.2, 0.25) is 0 Å². The quantitative estimate of drug-likeness (QED) is 0.898. The van der Waals surface area contributed by atoms with Gasteiger partial charge in [-0.05, 0) is 36.2 Å². The predicted molar refractivity (Wildman–Crippen MR) is 82.6 cm³/mol. The normalized spacial score (nSPS) is 9.63. The molecule has 0 aliphatic rings. The lowest BCUT2D eigenvalue weighted by molar-refractivity contribution is 0.415. The van der Waals surface area contributed by atoms with Crippen molar-refractivity contribution in [2.75, 3.05) is 12.4 Å². The average Bonchev–Trinajstić information content (AvgIpc) is 2.41. The number of rotatable bonds is 4. The van der Waals surface area contributed by atoms with E-state index in [1.54, 1.807) is 7.11 Å². The largest absolute Gasteiger partial charge is 0.497 e. The molecule has 0 aromatic heterocycles. The van der Waals surface area contributed by atoms with Crippen molar-refractivity contribution in [2.24, 2.45) is 5.73 Å². The zero-order chi connectivity index (χ0) is 13.0. The maximum atomic E-state index is 5.64. The minimum atomic E-state index is 0. The van der Waals surface area contributed by atoms with Crippen molar-refractivity contribution in [1.29, 1.82) is 0 Å². The molecule has 0 bridgehead atoms. The Balaban J connectivity index is 0.00000180. The lowest BCUT2D eigenvalue weighted by atomic mass is 10.1. The summed E-state index contributed by atoms with van der Waals surface area (Å²) >= 11 is 0. The van der Waals surface area contributed by atoms with Crippen LogP contribution in [-0.4, -0.2) is 7.11 Å². The summed E-state index contributed by atoms with van der Waals surface area (Å²) in [5.41, 5.74) is 10.0. The summed E-state index contributed by atoms with van der Waals surface area (Å²) in [6, 6.07) is 14.1. The molecule has 3 N–H and O–H groups in total. The molecule has 3 nitrogen and oxygen atoms in total. The molecule has 0 atom stereocenters. The van der Waals surface area contributed by atoms with Gasteiger partial charge in [0.15, 0.2) is 0 Å². The molecule has 0 fully saturated rings. The summed E-state index contributed by atoms with van der Waals surface area (Å²) in [5.74, 6) is 0.845. The Morgan fingerprint density at radius 1 is 1.16 bits per heavy atom. The minimum Gasteiger partial charge on any atom is -0.497 e. The Kier molecular flexibility index (Phi) is 5.67. The zero-order valence-electron chi connectivity index (χ0n) is 11.1. The molecule has 0 unspecified atom stereocenters. The van der Waals surface area contributed by atoms with Crippen molar-refractivity contribution in [3.05, 3.63) is 53.6 Å². The van der Waals surface area contributed by atoms with Crippen LogP contribution in [0.15, 0.2) is 42.5 Å². The smallest absolute Gasteiger partial charge is 0.120 e. The van der Waals surface area contributed by atoms with Crippen LogP contribution >= 0.6 is 12.4 Å². The first-order valence-corrected chi connectivity index (χ1v) is 5.93. The van der Waals surface area contributed by atoms with E-state index >= 15 is 0 Å². The molecule has 19 heavy (non-hydrogen) atoms. The summed E-state index contributed by atoms with van der Waals surface area (Å²) in [6.45, 7) is 2.61. The van der Waals surface area contributed by atoms with Crippen molar-refractivity contribution in [3.8, 4) is 5.75 Å². The molecule has 0 radical (unpaired) electrons. The van der Waals surface area contributed by atoms with Gasteiger partial charge in [0.2, 0.25) is 0 Å². The lowest BCUT2D eigenvalue weighted by Crippen LogP contribution is -1.98. The molecule has 102 valence electrons. The minimum absolute atomic E-state index is 0. The monoisotopic (exact) mass is 278 g/mol. The van der Waals surface area contributed by atoms with Crippen molar-refractivity contribution in [2.45, 2.75) is 13.5 Å². The maximum Gasteiger partial charge on any atom is 0.120 e. The van der Waals surface area contributed by atoms with E-state index in [0.29, 0.717) is 6.54 Å². The van der Waals surface area contributed by atoms with E-state index in [0.717, 1.165) is 22.7 Å². The number of hydrogen-bond acceptors (Lipinski definition) is 3. The SMILES string of the molecule is COc1ccc(C)c(Nc2cccc(CN)c2)c1.Cl. The predicted octanol–water partition coefficient (Wildman–Crippen LogP) is 3.63. The first-order chi connectivity index (χ1) is 8.72. The fourth-order valence-electron chi connectivity index (χ4n) is 1.79. The van der Waals surface area contributed by atoms with Crippen LogP contribution in [0, 0.1) is 6.92 Å². The number of methoxy groups -OCH3 is 1. The molecular formula is C15H19ClN2O. The van der Waals surface area contributed by atoms with Crippen LogP contribution in [0.5, 0.6) is 5.75 Å². The Hall–Kier alpha value is -1.71. The fraction of sp³-hybridized carbons (Fsp3) is 0.200. The van der Waals surface area contributed by atoms with E-state index in [1.807, 2.05) is 36.4 Å². The van der Waals surface area contributed by atoms with Crippen LogP contribution in [0.4, 0.5) is 11.4 Å². The number of ether oxygens (including phenoxy) is 1. The van der Waals surface area contributed by atoms with Crippen molar-refractivity contribution in [1.82, 2.24) is 0 Å². The first-order valence-electron chi connectivity index (χ1n) is 5.93. The standard InChI is InChI=1S/C15H18N2O.ClH/c1-11-6-7-14(18-2)9-15(11)17-13-5-3-4-12(8-13)10-16;/h3-9,17H,10,16H2,1-2H3;1H. The van der Waals surface area contributed by atoms with Gasteiger partial charge in [0.1, 0.15) is 5.75 Å². The highest BCUT2D eigenvalue weighted by Crippen LogP contribution is 2.25. The highest BCUT2D eigenvalue weighted by molar-refractivity contribution is 5.85. The van der Waals surface area contributed by atoms with E-state index in [1.165, 1.54) is 5.56 Å². The van der Waals surface area contributed by atoms with Gasteiger partial charge in [-0.1, -0.05) is 18.2 Å². The number of nitrogens with one attached hydrogen (secondary N) is 1. The number of aryl methyl sites for hydroxylation is 1. The second-order valence-corrected chi connectivity index (χ2v) is 4.21.